The first-order valence-electron chi connectivity index (χ1n) is 10.9. The van der Waals surface area contributed by atoms with Gasteiger partial charge in [-0.3, -0.25) is 14.7 Å². The third-order valence-electron chi connectivity index (χ3n) is 5.48. The number of thiazole rings is 1. The predicted octanol–water partition coefficient (Wildman–Crippen LogP) is 4.23. The van der Waals surface area contributed by atoms with Crippen molar-refractivity contribution in [3.05, 3.63) is 76.6 Å². The molecule has 3 aromatic rings. The van der Waals surface area contributed by atoms with E-state index in [0.29, 0.717) is 12.8 Å². The molecule has 0 saturated heterocycles. The first-order chi connectivity index (χ1) is 15.7. The Morgan fingerprint density at radius 2 is 2.03 bits per heavy atom. The zero-order valence-corrected chi connectivity index (χ0v) is 19.1. The van der Waals surface area contributed by atoms with Crippen molar-refractivity contribution in [2.24, 2.45) is 0 Å². The van der Waals surface area contributed by atoms with Crippen molar-refractivity contribution in [3.63, 3.8) is 0 Å². The standard InChI is InChI=1S/C25H28N4O2S/c1-31-21-10-7-19(8-11-21)9-12-24(30)28-25-27-22-13-17-29(18-14-23(22)32-25)16-4-6-20-5-2-3-15-26-20/h2-8,10-11,15H,9,12-14,16-18H2,1H3,(H,27,28,30)/b6-4+. The molecule has 0 atom stereocenters. The van der Waals surface area contributed by atoms with Gasteiger partial charge < -0.3 is 10.1 Å². The van der Waals surface area contributed by atoms with Gasteiger partial charge in [-0.1, -0.05) is 24.3 Å². The van der Waals surface area contributed by atoms with Gasteiger partial charge >= 0.3 is 0 Å². The van der Waals surface area contributed by atoms with Crippen molar-refractivity contribution >= 4 is 28.5 Å². The van der Waals surface area contributed by atoms with Crippen molar-refractivity contribution in [2.75, 3.05) is 32.1 Å². The molecule has 1 amide bonds. The minimum absolute atomic E-state index is 0.00557. The molecule has 1 N–H and O–H groups in total. The highest BCUT2D eigenvalue weighted by Crippen LogP contribution is 2.26. The Balaban J connectivity index is 1.24. The van der Waals surface area contributed by atoms with Crippen LogP contribution in [0.1, 0.15) is 28.2 Å². The van der Waals surface area contributed by atoms with Crippen LogP contribution in [-0.4, -0.2) is 47.5 Å². The van der Waals surface area contributed by atoms with Gasteiger partial charge in [0.15, 0.2) is 5.13 Å². The maximum Gasteiger partial charge on any atom is 0.226 e. The Morgan fingerprint density at radius 1 is 1.19 bits per heavy atom. The second-order valence-corrected chi connectivity index (χ2v) is 8.83. The van der Waals surface area contributed by atoms with Gasteiger partial charge in [0.25, 0.3) is 0 Å². The first kappa shape index (κ1) is 22.2. The first-order valence-corrected chi connectivity index (χ1v) is 11.7. The molecule has 7 heteroatoms. The van der Waals surface area contributed by atoms with Crippen LogP contribution in [-0.2, 0) is 24.1 Å². The molecular formula is C25H28N4O2S. The summed E-state index contributed by atoms with van der Waals surface area (Å²) in [5, 5.41) is 3.71. The normalized spacial score (nSPS) is 14.2. The lowest BCUT2D eigenvalue weighted by molar-refractivity contribution is -0.116. The number of rotatable bonds is 8. The lowest BCUT2D eigenvalue weighted by Crippen LogP contribution is -2.26. The zero-order valence-electron chi connectivity index (χ0n) is 18.3. The van der Waals surface area contributed by atoms with E-state index in [1.165, 1.54) is 4.88 Å². The number of aromatic nitrogens is 2. The predicted molar refractivity (Wildman–Crippen MR) is 129 cm³/mol. The largest absolute Gasteiger partial charge is 0.497 e. The molecule has 4 rings (SSSR count). The summed E-state index contributed by atoms with van der Waals surface area (Å²) in [6.07, 6.45) is 9.05. The van der Waals surface area contributed by atoms with E-state index in [9.17, 15) is 4.79 Å². The Morgan fingerprint density at radius 3 is 2.81 bits per heavy atom. The number of hydrogen-bond donors (Lipinski definition) is 1. The van der Waals surface area contributed by atoms with E-state index in [-0.39, 0.29) is 5.91 Å². The molecule has 0 bridgehead atoms. The van der Waals surface area contributed by atoms with Crippen LogP contribution in [0.2, 0.25) is 0 Å². The van der Waals surface area contributed by atoms with E-state index < -0.39 is 0 Å². The molecule has 32 heavy (non-hydrogen) atoms. The second kappa shape index (κ2) is 11.0. The number of carbonyl (C=O) groups excluding carboxylic acids is 1. The molecule has 0 aliphatic carbocycles. The Labute approximate surface area is 193 Å². The minimum atomic E-state index is 0.00557. The number of fused-ring (bicyclic) bond motifs is 1. The molecule has 3 heterocycles. The van der Waals surface area contributed by atoms with E-state index in [2.05, 4.69) is 27.4 Å². The molecule has 1 aliphatic heterocycles. The van der Waals surface area contributed by atoms with Gasteiger partial charge in [-0.2, -0.15) is 0 Å². The SMILES string of the molecule is COc1ccc(CCC(=O)Nc2nc3c(s2)CCN(C/C=C/c2ccccn2)CC3)cc1. The summed E-state index contributed by atoms with van der Waals surface area (Å²) in [6, 6.07) is 13.8. The Hall–Kier alpha value is -3.03. The number of pyridine rings is 1. The van der Waals surface area contributed by atoms with Gasteiger partial charge in [-0.25, -0.2) is 4.98 Å². The quantitative estimate of drug-likeness (QED) is 0.559. The highest BCUT2D eigenvalue weighted by Gasteiger charge is 2.18. The number of ether oxygens (including phenoxy) is 1. The molecule has 1 aliphatic rings. The molecule has 1 aromatic carbocycles. The average Bonchev–Trinajstić information content (AvgIpc) is 3.11. The molecule has 166 valence electrons. The smallest absolute Gasteiger partial charge is 0.226 e. The number of nitrogens with one attached hydrogen (secondary N) is 1. The van der Waals surface area contributed by atoms with Crippen molar-refractivity contribution < 1.29 is 9.53 Å². The van der Waals surface area contributed by atoms with Crippen LogP contribution in [0, 0.1) is 0 Å². The molecule has 0 spiro atoms. The fourth-order valence-corrected chi connectivity index (χ4v) is 4.69. The Kier molecular flexibility index (Phi) is 7.64. The molecule has 6 nitrogen and oxygen atoms in total. The van der Waals surface area contributed by atoms with E-state index in [1.54, 1.807) is 18.4 Å². The topological polar surface area (TPSA) is 67.3 Å². The van der Waals surface area contributed by atoms with Gasteiger partial charge in [0.05, 0.1) is 18.5 Å². The summed E-state index contributed by atoms with van der Waals surface area (Å²) in [5.41, 5.74) is 3.22. The van der Waals surface area contributed by atoms with Gasteiger partial charge in [0.1, 0.15) is 5.75 Å². The number of amides is 1. The van der Waals surface area contributed by atoms with Gasteiger partial charge in [0, 0.05) is 43.5 Å². The lowest BCUT2D eigenvalue weighted by atomic mass is 10.1. The van der Waals surface area contributed by atoms with Gasteiger partial charge in [-0.05, 0) is 48.7 Å². The fourth-order valence-electron chi connectivity index (χ4n) is 3.67. The maximum atomic E-state index is 12.4. The number of benzene rings is 1. The second-order valence-electron chi connectivity index (χ2n) is 7.74. The number of methoxy groups -OCH3 is 1. The molecule has 0 radical (unpaired) electrons. The maximum absolute atomic E-state index is 12.4. The molecule has 0 fully saturated rings. The number of hydrogen-bond acceptors (Lipinski definition) is 6. The summed E-state index contributed by atoms with van der Waals surface area (Å²) in [6.45, 7) is 2.86. The molecule has 2 aromatic heterocycles. The van der Waals surface area contributed by atoms with Crippen LogP contribution in [0.5, 0.6) is 5.75 Å². The van der Waals surface area contributed by atoms with Crippen molar-refractivity contribution in [1.29, 1.82) is 0 Å². The van der Waals surface area contributed by atoms with Crippen LogP contribution in [0.3, 0.4) is 0 Å². The summed E-state index contributed by atoms with van der Waals surface area (Å²) < 4.78 is 5.17. The van der Waals surface area contributed by atoms with E-state index in [1.807, 2.05) is 48.7 Å². The van der Waals surface area contributed by atoms with Gasteiger partial charge in [-0.15, -0.1) is 11.3 Å². The number of anilines is 1. The van der Waals surface area contributed by atoms with Crippen molar-refractivity contribution in [1.82, 2.24) is 14.9 Å². The molecule has 0 unspecified atom stereocenters. The minimum Gasteiger partial charge on any atom is -0.497 e. The number of nitrogens with zero attached hydrogens (tertiary/aromatic N) is 3. The van der Waals surface area contributed by atoms with E-state index in [4.69, 9.17) is 9.72 Å². The molecular weight excluding hydrogens is 420 g/mol. The summed E-state index contributed by atoms with van der Waals surface area (Å²) in [5.74, 6) is 0.830. The van der Waals surface area contributed by atoms with Gasteiger partial charge in [0.2, 0.25) is 5.91 Å². The summed E-state index contributed by atoms with van der Waals surface area (Å²) in [7, 11) is 1.65. The highest BCUT2D eigenvalue weighted by atomic mass is 32.1. The average molecular weight is 449 g/mol. The highest BCUT2D eigenvalue weighted by molar-refractivity contribution is 7.15. The van der Waals surface area contributed by atoms with Crippen LogP contribution >= 0.6 is 11.3 Å². The van der Waals surface area contributed by atoms with Crippen molar-refractivity contribution in [3.8, 4) is 5.75 Å². The summed E-state index contributed by atoms with van der Waals surface area (Å²) in [4.78, 5) is 25.1. The monoisotopic (exact) mass is 448 g/mol. The van der Waals surface area contributed by atoms with E-state index >= 15 is 0 Å². The van der Waals surface area contributed by atoms with Crippen LogP contribution in [0.25, 0.3) is 6.08 Å². The van der Waals surface area contributed by atoms with Crippen LogP contribution in [0.4, 0.5) is 5.13 Å². The van der Waals surface area contributed by atoms with E-state index in [0.717, 1.165) is 60.3 Å². The van der Waals surface area contributed by atoms with Crippen LogP contribution < -0.4 is 10.1 Å². The molecule has 0 saturated carbocycles. The fraction of sp³-hybridized carbons (Fsp3) is 0.320. The lowest BCUT2D eigenvalue weighted by Gasteiger charge is -2.17. The summed E-state index contributed by atoms with van der Waals surface area (Å²) >= 11 is 1.61. The van der Waals surface area contributed by atoms with Crippen LogP contribution in [0.15, 0.2) is 54.7 Å². The zero-order chi connectivity index (χ0) is 22.2. The third-order valence-corrected chi connectivity index (χ3v) is 6.56. The number of aryl methyl sites for hydroxylation is 1. The third kappa shape index (κ3) is 6.24. The Bertz CT molecular complexity index is 1020. The number of carbonyl (C=O) groups is 1. The van der Waals surface area contributed by atoms with Crippen molar-refractivity contribution in [2.45, 2.75) is 25.7 Å².